The fourth-order valence-electron chi connectivity index (χ4n) is 2.59. The maximum absolute atomic E-state index is 5.99. The molecule has 1 fully saturated rings. The van der Waals surface area contributed by atoms with Gasteiger partial charge in [0, 0.05) is 39.3 Å². The van der Waals surface area contributed by atoms with Crippen LogP contribution in [0, 0.1) is 0 Å². The van der Waals surface area contributed by atoms with Gasteiger partial charge in [0.1, 0.15) is 0 Å². The van der Waals surface area contributed by atoms with E-state index in [1.807, 2.05) is 25.1 Å². The van der Waals surface area contributed by atoms with E-state index in [0.717, 1.165) is 57.7 Å². The van der Waals surface area contributed by atoms with Gasteiger partial charge in [-0.05, 0) is 24.0 Å². The van der Waals surface area contributed by atoms with Gasteiger partial charge in [0.15, 0.2) is 0 Å². The second-order valence-corrected chi connectivity index (χ2v) is 5.78. The summed E-state index contributed by atoms with van der Waals surface area (Å²) in [5, 5.41) is 3.29. The molecule has 1 aromatic rings. The van der Waals surface area contributed by atoms with Gasteiger partial charge in [-0.1, -0.05) is 38.1 Å². The molecule has 0 amide bonds. The molecule has 7 N–H and O–H groups in total. The number of benzene rings is 1. The lowest BCUT2D eigenvalue weighted by Gasteiger charge is -2.26. The summed E-state index contributed by atoms with van der Waals surface area (Å²) in [6.45, 7) is 10.5. The Labute approximate surface area is 135 Å². The van der Waals surface area contributed by atoms with Crippen molar-refractivity contribution in [3.8, 4) is 0 Å². The quantitative estimate of drug-likeness (QED) is 0.597. The lowest BCUT2D eigenvalue weighted by Crippen LogP contribution is -2.46. The molecular weight excluding hydrogens is 274 g/mol. The molecule has 0 spiro atoms. The third kappa shape index (κ3) is 6.02. The van der Waals surface area contributed by atoms with Crippen LogP contribution in [0.25, 0.3) is 0 Å². The normalized spacial score (nSPS) is 16.0. The van der Waals surface area contributed by atoms with Crippen molar-refractivity contribution in [3.05, 3.63) is 35.4 Å². The first kappa shape index (κ1) is 19.1. The van der Waals surface area contributed by atoms with E-state index < -0.39 is 5.66 Å². The van der Waals surface area contributed by atoms with E-state index in [1.165, 1.54) is 5.56 Å². The standard InChI is InChI=1S/C11H18N2.C6H15N3/c1-3-9-7-5-6-8-10(9)11(12,13)4-2;7-1-4-9-5-2-8-3-6-9/h5-8H,3-4,12-13H2,1-2H3;8H,1-7H2. The average Bonchev–Trinajstić information content (AvgIpc) is 2.56. The van der Waals surface area contributed by atoms with Crippen molar-refractivity contribution < 1.29 is 0 Å². The topological polar surface area (TPSA) is 93.3 Å². The van der Waals surface area contributed by atoms with Crippen molar-refractivity contribution in [2.24, 2.45) is 17.2 Å². The highest BCUT2D eigenvalue weighted by molar-refractivity contribution is 5.32. The Hall–Kier alpha value is -0.980. The number of hydrogen-bond acceptors (Lipinski definition) is 5. The Kier molecular flexibility index (Phi) is 8.60. The van der Waals surface area contributed by atoms with E-state index in [9.17, 15) is 0 Å². The molecule has 0 radical (unpaired) electrons. The van der Waals surface area contributed by atoms with Crippen molar-refractivity contribution in [1.82, 2.24) is 10.2 Å². The molecule has 1 aromatic carbocycles. The van der Waals surface area contributed by atoms with Gasteiger partial charge >= 0.3 is 0 Å². The summed E-state index contributed by atoms with van der Waals surface area (Å²) in [5.41, 5.74) is 19.0. The molecule has 0 atom stereocenters. The molecule has 1 heterocycles. The van der Waals surface area contributed by atoms with Gasteiger partial charge in [-0.3, -0.25) is 4.90 Å². The first-order chi connectivity index (χ1) is 10.5. The Balaban J connectivity index is 0.000000235. The molecule has 1 aliphatic heterocycles. The summed E-state index contributed by atoms with van der Waals surface area (Å²) < 4.78 is 0. The zero-order valence-corrected chi connectivity index (χ0v) is 14.1. The average molecular weight is 307 g/mol. The molecule has 1 saturated heterocycles. The molecule has 5 nitrogen and oxygen atoms in total. The minimum atomic E-state index is -0.674. The monoisotopic (exact) mass is 307 g/mol. The lowest BCUT2D eigenvalue weighted by molar-refractivity contribution is 0.247. The predicted octanol–water partition coefficient (Wildman–Crippen LogP) is 0.580. The molecule has 2 rings (SSSR count). The Morgan fingerprint density at radius 1 is 1.14 bits per heavy atom. The van der Waals surface area contributed by atoms with Gasteiger partial charge in [0.2, 0.25) is 0 Å². The second-order valence-electron chi connectivity index (χ2n) is 5.78. The van der Waals surface area contributed by atoms with Gasteiger partial charge < -0.3 is 22.5 Å². The number of nitrogens with two attached hydrogens (primary N) is 3. The predicted molar refractivity (Wildman–Crippen MR) is 94.5 cm³/mol. The Morgan fingerprint density at radius 2 is 1.77 bits per heavy atom. The number of nitrogens with one attached hydrogen (secondary N) is 1. The van der Waals surface area contributed by atoms with Crippen molar-refractivity contribution in [1.29, 1.82) is 0 Å². The summed E-state index contributed by atoms with van der Waals surface area (Å²) >= 11 is 0. The van der Waals surface area contributed by atoms with Gasteiger partial charge in [-0.15, -0.1) is 0 Å². The summed E-state index contributed by atoms with van der Waals surface area (Å²) in [6.07, 6.45) is 1.73. The van der Waals surface area contributed by atoms with Crippen LogP contribution in [-0.4, -0.2) is 44.2 Å². The zero-order chi connectivity index (χ0) is 16.4. The fourth-order valence-corrected chi connectivity index (χ4v) is 2.59. The Morgan fingerprint density at radius 3 is 2.32 bits per heavy atom. The molecule has 1 aliphatic rings. The van der Waals surface area contributed by atoms with E-state index in [0.29, 0.717) is 0 Å². The molecule has 0 aliphatic carbocycles. The lowest BCUT2D eigenvalue weighted by atomic mass is 9.92. The number of hydrogen-bond donors (Lipinski definition) is 4. The van der Waals surface area contributed by atoms with Crippen LogP contribution in [0.1, 0.15) is 31.4 Å². The molecule has 0 aromatic heterocycles. The van der Waals surface area contributed by atoms with Crippen LogP contribution in [0.5, 0.6) is 0 Å². The summed E-state index contributed by atoms with van der Waals surface area (Å²) in [7, 11) is 0. The maximum Gasteiger partial charge on any atom is 0.0899 e. The van der Waals surface area contributed by atoms with Crippen LogP contribution in [0.15, 0.2) is 24.3 Å². The van der Waals surface area contributed by atoms with Crippen LogP contribution >= 0.6 is 0 Å². The van der Waals surface area contributed by atoms with Crippen molar-refractivity contribution in [2.75, 3.05) is 39.3 Å². The molecule has 0 bridgehead atoms. The molecule has 126 valence electrons. The van der Waals surface area contributed by atoms with Crippen molar-refractivity contribution >= 4 is 0 Å². The van der Waals surface area contributed by atoms with Crippen LogP contribution in [0.3, 0.4) is 0 Å². The molecule has 0 saturated carbocycles. The first-order valence-electron chi connectivity index (χ1n) is 8.34. The largest absolute Gasteiger partial charge is 0.329 e. The summed E-state index contributed by atoms with van der Waals surface area (Å²) in [6, 6.07) is 8.11. The van der Waals surface area contributed by atoms with Gasteiger partial charge in [-0.2, -0.15) is 0 Å². The van der Waals surface area contributed by atoms with Crippen LogP contribution in [0.4, 0.5) is 0 Å². The van der Waals surface area contributed by atoms with E-state index in [-0.39, 0.29) is 0 Å². The molecule has 5 heteroatoms. The first-order valence-corrected chi connectivity index (χ1v) is 8.34. The highest BCUT2D eigenvalue weighted by atomic mass is 15.2. The van der Waals surface area contributed by atoms with Crippen LogP contribution in [-0.2, 0) is 12.1 Å². The zero-order valence-electron chi connectivity index (χ0n) is 14.1. The SMILES string of the molecule is CCc1ccccc1C(N)(N)CC.NCCN1CCNCC1. The van der Waals surface area contributed by atoms with E-state index in [2.05, 4.69) is 23.2 Å². The van der Waals surface area contributed by atoms with E-state index >= 15 is 0 Å². The van der Waals surface area contributed by atoms with Crippen molar-refractivity contribution in [2.45, 2.75) is 32.4 Å². The fraction of sp³-hybridized carbons (Fsp3) is 0.647. The number of piperazine rings is 1. The Bertz CT molecular complexity index is 411. The van der Waals surface area contributed by atoms with E-state index in [1.54, 1.807) is 0 Å². The van der Waals surface area contributed by atoms with Gasteiger partial charge in [0.25, 0.3) is 0 Å². The number of aryl methyl sites for hydroxylation is 1. The highest BCUT2D eigenvalue weighted by Crippen LogP contribution is 2.20. The highest BCUT2D eigenvalue weighted by Gasteiger charge is 2.21. The second kappa shape index (κ2) is 9.92. The molecular formula is C17H33N5. The van der Waals surface area contributed by atoms with Crippen molar-refractivity contribution in [3.63, 3.8) is 0 Å². The van der Waals surface area contributed by atoms with Gasteiger partial charge in [0.05, 0.1) is 5.66 Å². The van der Waals surface area contributed by atoms with Gasteiger partial charge in [-0.25, -0.2) is 0 Å². The third-order valence-corrected chi connectivity index (χ3v) is 4.14. The van der Waals surface area contributed by atoms with E-state index in [4.69, 9.17) is 17.2 Å². The number of rotatable bonds is 5. The minimum Gasteiger partial charge on any atom is -0.329 e. The molecule has 0 unspecified atom stereocenters. The summed E-state index contributed by atoms with van der Waals surface area (Å²) in [4.78, 5) is 2.39. The summed E-state index contributed by atoms with van der Waals surface area (Å²) in [5.74, 6) is 0. The maximum atomic E-state index is 5.99. The van der Waals surface area contributed by atoms with Crippen LogP contribution in [0.2, 0.25) is 0 Å². The number of nitrogens with zero attached hydrogens (tertiary/aromatic N) is 1. The smallest absolute Gasteiger partial charge is 0.0899 e. The van der Waals surface area contributed by atoms with Crippen LogP contribution < -0.4 is 22.5 Å². The third-order valence-electron chi connectivity index (χ3n) is 4.14. The minimum absolute atomic E-state index is 0.674. The molecule has 22 heavy (non-hydrogen) atoms.